The maximum Gasteiger partial charge on any atom is 0.333 e. The third kappa shape index (κ3) is 2.56. The van der Waals surface area contributed by atoms with E-state index in [0.717, 1.165) is 24.8 Å². The molecule has 6 nitrogen and oxygen atoms in total. The van der Waals surface area contributed by atoms with E-state index in [2.05, 4.69) is 17.2 Å². The Morgan fingerprint density at radius 1 is 1.48 bits per heavy atom. The monoisotopic (exact) mass is 335 g/mol. The molecule has 1 unspecified atom stereocenters. The number of ether oxygens (including phenoxy) is 1. The van der Waals surface area contributed by atoms with E-state index in [9.17, 15) is 9.59 Å². The van der Waals surface area contributed by atoms with Gasteiger partial charge in [0, 0.05) is 4.88 Å². The van der Waals surface area contributed by atoms with E-state index in [4.69, 9.17) is 4.74 Å². The molecule has 0 N–H and O–H groups in total. The maximum absolute atomic E-state index is 13.0. The number of rotatable bonds is 3. The number of fused-ring (bicyclic) bond motifs is 3. The summed E-state index contributed by atoms with van der Waals surface area (Å²) in [6.07, 6.45) is 2.94. The predicted molar refractivity (Wildman–Crippen MR) is 88.8 cm³/mol. The Morgan fingerprint density at radius 3 is 2.91 bits per heavy atom. The van der Waals surface area contributed by atoms with Crippen molar-refractivity contribution in [1.29, 1.82) is 0 Å². The second-order valence-corrected chi connectivity index (χ2v) is 7.70. The van der Waals surface area contributed by atoms with Gasteiger partial charge in [-0.25, -0.2) is 4.79 Å². The Hall–Kier alpha value is -1.76. The van der Waals surface area contributed by atoms with Crippen molar-refractivity contribution in [3.63, 3.8) is 0 Å². The highest BCUT2D eigenvalue weighted by Gasteiger charge is 2.35. The second kappa shape index (κ2) is 5.70. The molecule has 0 saturated carbocycles. The molecule has 3 rings (SSSR count). The molecule has 2 aromatic heterocycles. The van der Waals surface area contributed by atoms with E-state index in [0.29, 0.717) is 16.1 Å². The van der Waals surface area contributed by atoms with Crippen molar-refractivity contribution in [2.75, 3.05) is 6.61 Å². The van der Waals surface area contributed by atoms with E-state index >= 15 is 0 Å². The smallest absolute Gasteiger partial charge is 0.333 e. The van der Waals surface area contributed by atoms with Gasteiger partial charge in [0.15, 0.2) is 10.4 Å². The first-order valence-corrected chi connectivity index (χ1v) is 8.75. The fourth-order valence-electron chi connectivity index (χ4n) is 3.02. The van der Waals surface area contributed by atoms with Gasteiger partial charge in [-0.05, 0) is 51.5 Å². The zero-order valence-corrected chi connectivity index (χ0v) is 14.7. The summed E-state index contributed by atoms with van der Waals surface area (Å²) in [6, 6.07) is 0. The van der Waals surface area contributed by atoms with Gasteiger partial charge in [-0.2, -0.15) is 4.68 Å². The molecule has 0 saturated heterocycles. The summed E-state index contributed by atoms with van der Waals surface area (Å²) in [6.45, 7) is 7.49. The summed E-state index contributed by atoms with van der Waals surface area (Å²) in [5.74, 6) is 0.148. The lowest BCUT2D eigenvalue weighted by atomic mass is 9.89. The van der Waals surface area contributed by atoms with Gasteiger partial charge < -0.3 is 4.74 Å². The van der Waals surface area contributed by atoms with Gasteiger partial charge in [-0.1, -0.05) is 12.1 Å². The standard InChI is InChI=1S/C16H21N3O3S/c1-5-22-15(21)16(3,4)19-14(20)12-10-7-6-9(2)8-11(10)23-13(12)17-18-19/h9H,5-8H2,1-4H3. The maximum atomic E-state index is 13.0. The largest absolute Gasteiger partial charge is 0.464 e. The molecule has 0 spiro atoms. The van der Waals surface area contributed by atoms with Crippen LogP contribution in [0.1, 0.15) is 44.6 Å². The minimum Gasteiger partial charge on any atom is -0.464 e. The number of hydrogen-bond donors (Lipinski definition) is 0. The Labute approximate surface area is 138 Å². The average molecular weight is 335 g/mol. The lowest BCUT2D eigenvalue weighted by molar-refractivity contribution is -0.152. The minimum atomic E-state index is -1.18. The van der Waals surface area contributed by atoms with Crippen molar-refractivity contribution in [2.24, 2.45) is 5.92 Å². The molecular weight excluding hydrogens is 314 g/mol. The van der Waals surface area contributed by atoms with Crippen LogP contribution in [0.2, 0.25) is 0 Å². The zero-order chi connectivity index (χ0) is 16.8. The normalized spacial score (nSPS) is 18.0. The minimum absolute atomic E-state index is 0.250. The quantitative estimate of drug-likeness (QED) is 0.805. The van der Waals surface area contributed by atoms with E-state index < -0.39 is 11.5 Å². The highest BCUT2D eigenvalue weighted by molar-refractivity contribution is 7.18. The molecule has 0 aliphatic heterocycles. The molecular formula is C16H21N3O3S. The van der Waals surface area contributed by atoms with Crippen LogP contribution in [-0.4, -0.2) is 27.6 Å². The lowest BCUT2D eigenvalue weighted by Gasteiger charge is -2.23. The van der Waals surface area contributed by atoms with Gasteiger partial charge in [0.05, 0.1) is 12.0 Å². The van der Waals surface area contributed by atoms with Gasteiger partial charge in [0.1, 0.15) is 0 Å². The molecule has 1 aliphatic carbocycles. The van der Waals surface area contributed by atoms with E-state index in [-0.39, 0.29) is 12.2 Å². The van der Waals surface area contributed by atoms with Crippen LogP contribution in [-0.2, 0) is 27.9 Å². The molecule has 1 atom stereocenters. The molecule has 0 bridgehead atoms. The number of carbonyl (C=O) groups excluding carboxylic acids is 1. The van der Waals surface area contributed by atoms with Crippen molar-refractivity contribution < 1.29 is 9.53 Å². The number of aryl methyl sites for hydroxylation is 1. The summed E-state index contributed by atoms with van der Waals surface area (Å²) < 4.78 is 6.24. The predicted octanol–water partition coefficient (Wildman–Crippen LogP) is 2.28. The van der Waals surface area contributed by atoms with E-state index in [1.807, 2.05) is 0 Å². The second-order valence-electron chi connectivity index (χ2n) is 6.62. The van der Waals surface area contributed by atoms with Gasteiger partial charge >= 0.3 is 5.97 Å². The number of thiophene rings is 1. The van der Waals surface area contributed by atoms with Gasteiger partial charge in [0.2, 0.25) is 0 Å². The molecule has 2 aromatic rings. The summed E-state index contributed by atoms with van der Waals surface area (Å²) in [7, 11) is 0. The van der Waals surface area contributed by atoms with Crippen LogP contribution in [0, 0.1) is 5.92 Å². The van der Waals surface area contributed by atoms with Gasteiger partial charge in [-0.15, -0.1) is 16.4 Å². The SMILES string of the molecule is CCOC(=O)C(C)(C)n1nnc2sc3c(c2c1=O)CCC(C)C3. The van der Waals surface area contributed by atoms with Crippen molar-refractivity contribution in [1.82, 2.24) is 15.0 Å². The van der Waals surface area contributed by atoms with Crippen molar-refractivity contribution in [2.45, 2.75) is 52.5 Å². The molecule has 2 heterocycles. The molecule has 124 valence electrons. The first-order valence-electron chi connectivity index (χ1n) is 7.94. The van der Waals surface area contributed by atoms with E-state index in [1.54, 1.807) is 32.1 Å². The Kier molecular flexibility index (Phi) is 4.00. The number of nitrogens with zero attached hydrogens (tertiary/aromatic N) is 3. The van der Waals surface area contributed by atoms with Crippen LogP contribution in [0.25, 0.3) is 10.2 Å². The number of esters is 1. The van der Waals surface area contributed by atoms with Gasteiger partial charge in [0.25, 0.3) is 5.56 Å². The van der Waals surface area contributed by atoms with Crippen LogP contribution in [0.3, 0.4) is 0 Å². The van der Waals surface area contributed by atoms with Crippen LogP contribution >= 0.6 is 11.3 Å². The fourth-order valence-corrected chi connectivity index (χ4v) is 4.34. The Balaban J connectivity index is 2.16. The molecule has 7 heteroatoms. The first kappa shape index (κ1) is 16.1. The fraction of sp³-hybridized carbons (Fsp3) is 0.625. The average Bonchev–Trinajstić information content (AvgIpc) is 2.85. The number of hydrogen-bond acceptors (Lipinski definition) is 6. The molecule has 0 radical (unpaired) electrons. The summed E-state index contributed by atoms with van der Waals surface area (Å²) >= 11 is 1.55. The third-order valence-corrected chi connectivity index (χ3v) is 5.57. The molecule has 1 aliphatic rings. The van der Waals surface area contributed by atoms with Crippen LogP contribution in [0.15, 0.2) is 4.79 Å². The van der Waals surface area contributed by atoms with Crippen molar-refractivity contribution in [3.8, 4) is 0 Å². The Morgan fingerprint density at radius 2 is 2.22 bits per heavy atom. The lowest BCUT2D eigenvalue weighted by Crippen LogP contribution is -2.45. The first-order chi connectivity index (χ1) is 10.9. The van der Waals surface area contributed by atoms with Crippen molar-refractivity contribution >= 4 is 27.5 Å². The van der Waals surface area contributed by atoms with Crippen molar-refractivity contribution in [3.05, 3.63) is 20.8 Å². The Bertz CT molecular complexity index is 822. The molecule has 23 heavy (non-hydrogen) atoms. The zero-order valence-electron chi connectivity index (χ0n) is 13.9. The highest BCUT2D eigenvalue weighted by atomic mass is 32.1. The van der Waals surface area contributed by atoms with Crippen LogP contribution in [0.4, 0.5) is 0 Å². The number of carbonyl (C=O) groups is 1. The number of aromatic nitrogens is 3. The molecule has 0 fully saturated rings. The van der Waals surface area contributed by atoms with Gasteiger partial charge in [-0.3, -0.25) is 4.79 Å². The molecule has 0 aromatic carbocycles. The topological polar surface area (TPSA) is 74.1 Å². The van der Waals surface area contributed by atoms with Crippen LogP contribution < -0.4 is 5.56 Å². The van der Waals surface area contributed by atoms with Crippen LogP contribution in [0.5, 0.6) is 0 Å². The summed E-state index contributed by atoms with van der Waals surface area (Å²) in [5.41, 5.74) is -0.332. The third-order valence-electron chi connectivity index (χ3n) is 4.43. The summed E-state index contributed by atoms with van der Waals surface area (Å²) in [5, 5.41) is 8.84. The van der Waals surface area contributed by atoms with E-state index in [1.165, 1.54) is 9.56 Å². The molecule has 0 amide bonds. The highest BCUT2D eigenvalue weighted by Crippen LogP contribution is 2.35. The summed E-state index contributed by atoms with van der Waals surface area (Å²) in [4.78, 5) is 27.0.